The van der Waals surface area contributed by atoms with Gasteiger partial charge < -0.3 is 10.2 Å². The van der Waals surface area contributed by atoms with Crippen LogP contribution in [0.25, 0.3) is 5.82 Å². The molecule has 0 aliphatic carbocycles. The Balaban J connectivity index is 1.48. The SMILES string of the molecule is Cc1ccc(NC2=Nc3ccccc3N3C2=Nc2c(c(C)nn2-c2ccccn2)C3c2ccc(C(C)C)cc2)cc1. The van der Waals surface area contributed by atoms with E-state index in [0.29, 0.717) is 11.8 Å². The number of nitrogens with one attached hydrogen (secondary N) is 1. The van der Waals surface area contributed by atoms with Gasteiger partial charge in [0, 0.05) is 17.4 Å². The van der Waals surface area contributed by atoms with Crippen LogP contribution >= 0.6 is 0 Å². The molecule has 2 aliphatic rings. The molecule has 41 heavy (non-hydrogen) atoms. The number of hydrogen-bond donors (Lipinski definition) is 1. The van der Waals surface area contributed by atoms with Crippen LogP contribution in [0.3, 0.4) is 0 Å². The predicted molar refractivity (Wildman–Crippen MR) is 166 cm³/mol. The van der Waals surface area contributed by atoms with Crippen LogP contribution in [0.5, 0.6) is 0 Å². The predicted octanol–water partition coefficient (Wildman–Crippen LogP) is 7.80. The molecule has 0 radical (unpaired) electrons. The summed E-state index contributed by atoms with van der Waals surface area (Å²) in [6.07, 6.45) is 1.78. The molecule has 1 N–H and O–H groups in total. The van der Waals surface area contributed by atoms with E-state index < -0.39 is 0 Å². The Morgan fingerprint density at radius 3 is 2.29 bits per heavy atom. The average molecular weight is 538 g/mol. The highest BCUT2D eigenvalue weighted by molar-refractivity contribution is 6.51. The minimum absolute atomic E-state index is 0.164. The van der Waals surface area contributed by atoms with E-state index in [0.717, 1.165) is 51.4 Å². The number of nitrogens with zero attached hydrogens (tertiary/aromatic N) is 6. The minimum Gasteiger partial charge on any atom is -0.337 e. The van der Waals surface area contributed by atoms with Crippen LogP contribution in [-0.4, -0.2) is 26.4 Å². The highest BCUT2D eigenvalue weighted by atomic mass is 15.4. The van der Waals surface area contributed by atoms with Gasteiger partial charge >= 0.3 is 0 Å². The molecule has 0 spiro atoms. The topological polar surface area (TPSA) is 70.7 Å². The summed E-state index contributed by atoms with van der Waals surface area (Å²) in [6, 6.07) is 31.2. The Labute approximate surface area is 239 Å². The van der Waals surface area contributed by atoms with E-state index in [2.05, 4.69) is 110 Å². The first kappa shape index (κ1) is 25.0. The highest BCUT2D eigenvalue weighted by Crippen LogP contribution is 2.48. The van der Waals surface area contributed by atoms with Crippen LogP contribution in [0.15, 0.2) is 107 Å². The van der Waals surface area contributed by atoms with E-state index in [1.807, 2.05) is 28.9 Å². The van der Waals surface area contributed by atoms with Gasteiger partial charge in [-0.3, -0.25) is 0 Å². The molecule has 202 valence electrons. The van der Waals surface area contributed by atoms with Crippen LogP contribution < -0.4 is 10.2 Å². The second-order valence-electron chi connectivity index (χ2n) is 10.9. The van der Waals surface area contributed by atoms with E-state index >= 15 is 0 Å². The van der Waals surface area contributed by atoms with Crippen molar-refractivity contribution in [3.05, 3.63) is 125 Å². The molecule has 1 atom stereocenters. The van der Waals surface area contributed by atoms with Gasteiger partial charge in [-0.1, -0.05) is 74.0 Å². The molecule has 0 saturated heterocycles. The molecular weight excluding hydrogens is 506 g/mol. The lowest BCUT2D eigenvalue weighted by atomic mass is 9.91. The fourth-order valence-electron chi connectivity index (χ4n) is 5.59. The molecule has 7 nitrogen and oxygen atoms in total. The number of fused-ring (bicyclic) bond motifs is 4. The fourth-order valence-corrected chi connectivity index (χ4v) is 5.59. The average Bonchev–Trinajstić information content (AvgIpc) is 3.33. The number of para-hydroxylation sites is 2. The molecule has 1 unspecified atom stereocenters. The lowest BCUT2D eigenvalue weighted by Gasteiger charge is -2.40. The molecule has 0 saturated carbocycles. The Morgan fingerprint density at radius 1 is 0.805 bits per heavy atom. The molecular formula is C34H31N7. The summed E-state index contributed by atoms with van der Waals surface area (Å²) in [5.74, 6) is 3.37. The molecule has 7 rings (SSSR count). The second-order valence-corrected chi connectivity index (χ2v) is 10.9. The molecule has 0 amide bonds. The molecule has 5 aromatic rings. The summed E-state index contributed by atoms with van der Waals surface area (Å²) < 4.78 is 1.86. The van der Waals surface area contributed by atoms with Gasteiger partial charge in [-0.25, -0.2) is 15.0 Å². The van der Waals surface area contributed by atoms with Gasteiger partial charge in [0.2, 0.25) is 0 Å². The molecule has 2 aromatic heterocycles. The number of anilines is 2. The number of pyridine rings is 1. The van der Waals surface area contributed by atoms with Gasteiger partial charge in [-0.15, -0.1) is 0 Å². The minimum atomic E-state index is -0.164. The Morgan fingerprint density at radius 2 is 1.56 bits per heavy atom. The second kappa shape index (κ2) is 9.86. The van der Waals surface area contributed by atoms with Crippen molar-refractivity contribution in [3.63, 3.8) is 0 Å². The van der Waals surface area contributed by atoms with Crippen LogP contribution in [0, 0.1) is 13.8 Å². The van der Waals surface area contributed by atoms with E-state index in [4.69, 9.17) is 15.1 Å². The molecule has 7 heteroatoms. The van der Waals surface area contributed by atoms with Gasteiger partial charge in [-0.2, -0.15) is 9.78 Å². The van der Waals surface area contributed by atoms with Gasteiger partial charge in [0.05, 0.1) is 23.1 Å². The van der Waals surface area contributed by atoms with Crippen molar-refractivity contribution in [2.45, 2.75) is 39.7 Å². The molecule has 0 fully saturated rings. The quantitative estimate of drug-likeness (QED) is 0.254. The van der Waals surface area contributed by atoms with Crippen molar-refractivity contribution in [3.8, 4) is 5.82 Å². The Hall–Kier alpha value is -5.04. The standard InChI is InChI=1S/C34H31N7/c1-21(2)24-14-16-25(17-15-24)31-30-23(4)39-41(29-11-7-8-20-35-29)33(30)38-34-32(36-26-18-12-22(3)13-19-26)37-27-9-5-6-10-28(27)40(31)34/h5-21,31H,1-4H3,(H,36,37). The fraction of sp³-hybridized carbons (Fsp3) is 0.176. The summed E-state index contributed by atoms with van der Waals surface area (Å²) >= 11 is 0. The monoisotopic (exact) mass is 537 g/mol. The number of hydrogen-bond acceptors (Lipinski definition) is 6. The molecule has 2 aliphatic heterocycles. The van der Waals surface area contributed by atoms with Crippen LogP contribution in [0.1, 0.15) is 53.8 Å². The summed E-state index contributed by atoms with van der Waals surface area (Å²) in [5, 5.41) is 8.55. The lowest BCUT2D eigenvalue weighted by Crippen LogP contribution is -2.46. The van der Waals surface area contributed by atoms with Crippen LogP contribution in [-0.2, 0) is 0 Å². The van der Waals surface area contributed by atoms with Gasteiger partial charge in [0.1, 0.15) is 0 Å². The first-order valence-electron chi connectivity index (χ1n) is 14.0. The first-order chi connectivity index (χ1) is 20.0. The summed E-state index contributed by atoms with van der Waals surface area (Å²) in [7, 11) is 0. The maximum Gasteiger partial charge on any atom is 0.179 e. The maximum absolute atomic E-state index is 5.29. The molecule has 0 bridgehead atoms. The summed E-state index contributed by atoms with van der Waals surface area (Å²) in [6.45, 7) is 8.59. The highest BCUT2D eigenvalue weighted by Gasteiger charge is 2.41. The zero-order chi connectivity index (χ0) is 28.1. The van der Waals surface area contributed by atoms with Gasteiger partial charge in [0.25, 0.3) is 0 Å². The largest absolute Gasteiger partial charge is 0.337 e. The maximum atomic E-state index is 5.29. The van der Waals surface area contributed by atoms with E-state index in [-0.39, 0.29) is 6.04 Å². The number of rotatable bonds is 4. The zero-order valence-corrected chi connectivity index (χ0v) is 23.6. The van der Waals surface area contributed by atoms with Crippen molar-refractivity contribution in [2.75, 3.05) is 10.2 Å². The normalized spacial score (nSPS) is 15.5. The summed E-state index contributed by atoms with van der Waals surface area (Å²) in [5.41, 5.74) is 8.50. The van der Waals surface area contributed by atoms with Crippen LogP contribution in [0.2, 0.25) is 0 Å². The van der Waals surface area contributed by atoms with Crippen molar-refractivity contribution >= 4 is 34.6 Å². The van der Waals surface area contributed by atoms with Gasteiger partial charge in [0.15, 0.2) is 23.3 Å². The third kappa shape index (κ3) is 4.30. The van der Waals surface area contributed by atoms with E-state index in [1.165, 1.54) is 11.1 Å². The third-order valence-electron chi connectivity index (χ3n) is 7.74. The van der Waals surface area contributed by atoms with Crippen molar-refractivity contribution < 1.29 is 0 Å². The van der Waals surface area contributed by atoms with Crippen molar-refractivity contribution in [1.82, 2.24) is 14.8 Å². The zero-order valence-electron chi connectivity index (χ0n) is 23.6. The number of amidine groups is 2. The smallest absolute Gasteiger partial charge is 0.179 e. The molecule has 4 heterocycles. The number of aromatic nitrogens is 3. The third-order valence-corrected chi connectivity index (χ3v) is 7.74. The number of aliphatic imine (C=N–C) groups is 2. The lowest BCUT2D eigenvalue weighted by molar-refractivity contribution is 0.806. The van der Waals surface area contributed by atoms with E-state index in [1.54, 1.807) is 6.20 Å². The summed E-state index contributed by atoms with van der Waals surface area (Å²) in [4.78, 5) is 17.3. The van der Waals surface area contributed by atoms with Crippen LogP contribution in [0.4, 0.5) is 22.9 Å². The van der Waals surface area contributed by atoms with E-state index in [9.17, 15) is 0 Å². The van der Waals surface area contributed by atoms with Crippen molar-refractivity contribution in [1.29, 1.82) is 0 Å². The first-order valence-corrected chi connectivity index (χ1v) is 14.0. The number of benzene rings is 3. The molecule has 3 aromatic carbocycles. The van der Waals surface area contributed by atoms with Crippen molar-refractivity contribution in [2.24, 2.45) is 9.98 Å². The van der Waals surface area contributed by atoms with Gasteiger partial charge in [-0.05, 0) is 67.3 Å². The Bertz CT molecular complexity index is 1800. The Kier molecular flexibility index (Phi) is 6.00. The number of aryl methyl sites for hydroxylation is 2.